The van der Waals surface area contributed by atoms with Crippen LogP contribution in [0.5, 0.6) is 0 Å². The number of hydrogen-bond donors (Lipinski definition) is 1. The van der Waals surface area contributed by atoms with E-state index in [1.807, 2.05) is 0 Å². The van der Waals surface area contributed by atoms with E-state index >= 15 is 0 Å². The van der Waals surface area contributed by atoms with E-state index in [1.54, 1.807) is 24.3 Å². The molecular formula is C19H16N2O5. The first-order valence-electron chi connectivity index (χ1n) is 7.93. The number of hydrogen-bond acceptors (Lipinski definition) is 4. The Balaban J connectivity index is 2.39. The molecule has 0 amide bonds. The molecule has 1 aromatic heterocycles. The van der Waals surface area contributed by atoms with Gasteiger partial charge in [0.25, 0.3) is 5.56 Å². The van der Waals surface area contributed by atoms with Gasteiger partial charge in [-0.15, -0.1) is 0 Å². The topological polar surface area (TPSA) is 98.4 Å². The predicted molar refractivity (Wildman–Crippen MR) is 96.2 cm³/mol. The number of benzene rings is 2. The number of fused-ring (bicyclic) bond motifs is 1. The number of nitrogens with zero attached hydrogens (tertiary/aromatic N) is 2. The lowest BCUT2D eigenvalue weighted by Crippen LogP contribution is -2.41. The first-order valence-corrected chi connectivity index (χ1v) is 7.93. The molecule has 0 radical (unpaired) electrons. The number of rotatable bonds is 4. The molecule has 0 unspecified atom stereocenters. The molecule has 7 nitrogen and oxygen atoms in total. The summed E-state index contributed by atoms with van der Waals surface area (Å²) in [5, 5.41) is 9.60. The Morgan fingerprint density at radius 3 is 2.19 bits per heavy atom. The van der Waals surface area contributed by atoms with Crippen molar-refractivity contribution >= 4 is 22.7 Å². The SMILES string of the molecule is CC(=O)c1ccc(-n2c(=O)c3ccccc3n([C@@H](C)C(=O)O)c2=O)cc1. The van der Waals surface area contributed by atoms with E-state index in [0.29, 0.717) is 5.56 Å². The molecule has 3 rings (SSSR count). The molecule has 0 aliphatic rings. The number of carboxylic acids is 1. The number of carbonyl (C=O) groups is 2. The first kappa shape index (κ1) is 17.3. The molecule has 7 heteroatoms. The maximum absolute atomic E-state index is 13.0. The Morgan fingerprint density at radius 1 is 1.00 bits per heavy atom. The van der Waals surface area contributed by atoms with E-state index in [9.17, 15) is 24.3 Å². The van der Waals surface area contributed by atoms with Crippen molar-refractivity contribution in [3.05, 3.63) is 74.9 Å². The van der Waals surface area contributed by atoms with Gasteiger partial charge in [-0.3, -0.25) is 14.2 Å². The number of aliphatic carboxylic acids is 1. The van der Waals surface area contributed by atoms with Crippen LogP contribution in [0.4, 0.5) is 0 Å². The third-order valence-corrected chi connectivity index (χ3v) is 4.27. The van der Waals surface area contributed by atoms with Crippen LogP contribution in [-0.2, 0) is 4.79 Å². The fourth-order valence-electron chi connectivity index (χ4n) is 2.84. The van der Waals surface area contributed by atoms with Crippen molar-refractivity contribution in [3.63, 3.8) is 0 Å². The summed E-state index contributed by atoms with van der Waals surface area (Å²) in [5.41, 5.74) is -0.327. The Morgan fingerprint density at radius 2 is 1.62 bits per heavy atom. The average Bonchev–Trinajstić information content (AvgIpc) is 2.62. The van der Waals surface area contributed by atoms with Gasteiger partial charge in [-0.25, -0.2) is 14.2 Å². The van der Waals surface area contributed by atoms with Gasteiger partial charge >= 0.3 is 11.7 Å². The van der Waals surface area contributed by atoms with Gasteiger partial charge in [-0.05, 0) is 50.2 Å². The monoisotopic (exact) mass is 352 g/mol. The third kappa shape index (κ3) is 2.73. The van der Waals surface area contributed by atoms with Gasteiger partial charge in [0.15, 0.2) is 5.78 Å². The van der Waals surface area contributed by atoms with Crippen LogP contribution >= 0.6 is 0 Å². The highest BCUT2D eigenvalue weighted by molar-refractivity contribution is 5.94. The van der Waals surface area contributed by atoms with Crippen molar-refractivity contribution in [1.82, 2.24) is 9.13 Å². The van der Waals surface area contributed by atoms with Crippen molar-refractivity contribution in [2.75, 3.05) is 0 Å². The lowest BCUT2D eigenvalue weighted by Gasteiger charge is -2.17. The van der Waals surface area contributed by atoms with Crippen molar-refractivity contribution < 1.29 is 14.7 Å². The Kier molecular flexibility index (Phi) is 4.29. The van der Waals surface area contributed by atoms with Crippen molar-refractivity contribution in [2.45, 2.75) is 19.9 Å². The van der Waals surface area contributed by atoms with E-state index in [0.717, 1.165) is 9.13 Å². The summed E-state index contributed by atoms with van der Waals surface area (Å²) in [4.78, 5) is 48.7. The Hall–Kier alpha value is -3.48. The van der Waals surface area contributed by atoms with E-state index in [2.05, 4.69) is 0 Å². The van der Waals surface area contributed by atoms with Gasteiger partial charge < -0.3 is 5.11 Å². The molecule has 26 heavy (non-hydrogen) atoms. The zero-order valence-electron chi connectivity index (χ0n) is 14.2. The fourth-order valence-corrected chi connectivity index (χ4v) is 2.84. The normalized spacial score (nSPS) is 12.1. The van der Waals surface area contributed by atoms with Crippen molar-refractivity contribution in [1.29, 1.82) is 0 Å². The van der Waals surface area contributed by atoms with Gasteiger partial charge in [0.1, 0.15) is 6.04 Å². The molecule has 3 aromatic rings. The second-order valence-electron chi connectivity index (χ2n) is 5.93. The highest BCUT2D eigenvalue weighted by Gasteiger charge is 2.22. The smallest absolute Gasteiger partial charge is 0.336 e. The molecule has 0 fully saturated rings. The van der Waals surface area contributed by atoms with Gasteiger partial charge in [-0.1, -0.05) is 12.1 Å². The lowest BCUT2D eigenvalue weighted by atomic mass is 10.1. The zero-order valence-corrected chi connectivity index (χ0v) is 14.2. The number of para-hydroxylation sites is 1. The molecule has 0 bridgehead atoms. The molecule has 1 atom stereocenters. The largest absolute Gasteiger partial charge is 0.480 e. The van der Waals surface area contributed by atoms with Crippen LogP contribution in [0.1, 0.15) is 30.2 Å². The molecule has 0 saturated carbocycles. The molecule has 1 N–H and O–H groups in total. The van der Waals surface area contributed by atoms with Gasteiger partial charge in [0.05, 0.1) is 16.6 Å². The fraction of sp³-hybridized carbons (Fsp3) is 0.158. The second kappa shape index (κ2) is 6.44. The highest BCUT2D eigenvalue weighted by atomic mass is 16.4. The number of carboxylic acid groups (broad SMARTS) is 1. The predicted octanol–water partition coefficient (Wildman–Crippen LogP) is 2.00. The lowest BCUT2D eigenvalue weighted by molar-refractivity contribution is -0.140. The summed E-state index contributed by atoms with van der Waals surface area (Å²) in [5.74, 6) is -1.33. The minimum atomic E-state index is -1.19. The van der Waals surface area contributed by atoms with Crippen LogP contribution in [0, 0.1) is 0 Å². The Labute approximate surface area is 147 Å². The molecule has 0 aliphatic heterocycles. The zero-order chi connectivity index (χ0) is 19.0. The maximum Gasteiger partial charge on any atom is 0.336 e. The van der Waals surface area contributed by atoms with Gasteiger partial charge in [0.2, 0.25) is 0 Å². The van der Waals surface area contributed by atoms with E-state index < -0.39 is 23.3 Å². The molecule has 0 spiro atoms. The quantitative estimate of drug-likeness (QED) is 0.724. The maximum atomic E-state index is 13.0. The summed E-state index contributed by atoms with van der Waals surface area (Å²) in [6.07, 6.45) is 0. The summed E-state index contributed by atoms with van der Waals surface area (Å²) in [6.45, 7) is 2.79. The van der Waals surface area contributed by atoms with E-state index in [-0.39, 0.29) is 22.4 Å². The van der Waals surface area contributed by atoms with Crippen LogP contribution in [0.2, 0.25) is 0 Å². The first-order chi connectivity index (χ1) is 12.3. The van der Waals surface area contributed by atoms with Crippen LogP contribution < -0.4 is 11.2 Å². The van der Waals surface area contributed by atoms with Crippen molar-refractivity contribution in [2.24, 2.45) is 0 Å². The highest BCUT2D eigenvalue weighted by Crippen LogP contribution is 2.15. The van der Waals surface area contributed by atoms with Gasteiger partial charge in [-0.2, -0.15) is 0 Å². The van der Waals surface area contributed by atoms with Crippen LogP contribution in [0.25, 0.3) is 16.6 Å². The summed E-state index contributed by atoms with van der Waals surface area (Å²) >= 11 is 0. The summed E-state index contributed by atoms with van der Waals surface area (Å²) in [7, 11) is 0. The summed E-state index contributed by atoms with van der Waals surface area (Å²) < 4.78 is 2.00. The number of aromatic nitrogens is 2. The molecule has 0 saturated heterocycles. The Bertz CT molecular complexity index is 1140. The van der Waals surface area contributed by atoms with Crippen LogP contribution in [0.3, 0.4) is 0 Å². The molecule has 132 valence electrons. The number of Topliss-reactive ketones (excluding diaryl/α,β-unsaturated/α-hetero) is 1. The van der Waals surface area contributed by atoms with Crippen molar-refractivity contribution in [3.8, 4) is 5.69 Å². The average molecular weight is 352 g/mol. The molecule has 2 aromatic carbocycles. The minimum Gasteiger partial charge on any atom is -0.480 e. The number of carbonyl (C=O) groups excluding carboxylic acids is 1. The summed E-state index contributed by atoms with van der Waals surface area (Å²) in [6, 6.07) is 11.2. The van der Waals surface area contributed by atoms with E-state index in [4.69, 9.17) is 0 Å². The number of ketones is 1. The molecule has 1 heterocycles. The van der Waals surface area contributed by atoms with Crippen LogP contribution in [0.15, 0.2) is 58.1 Å². The van der Waals surface area contributed by atoms with Crippen LogP contribution in [-0.4, -0.2) is 26.0 Å². The standard InChI is InChI=1S/C19H16N2O5/c1-11(18(24)25)20-16-6-4-3-5-15(16)17(23)21(19(20)26)14-9-7-13(8-10-14)12(2)22/h3-11H,1-2H3,(H,24,25)/t11-/m0/s1. The van der Waals surface area contributed by atoms with E-state index in [1.165, 1.54) is 38.1 Å². The van der Waals surface area contributed by atoms with Gasteiger partial charge in [0, 0.05) is 5.56 Å². The molecule has 0 aliphatic carbocycles. The third-order valence-electron chi connectivity index (χ3n) is 4.27. The molecular weight excluding hydrogens is 336 g/mol. The second-order valence-corrected chi connectivity index (χ2v) is 5.93. The minimum absolute atomic E-state index is 0.140.